The molecule has 0 bridgehead atoms. The minimum atomic E-state index is -1.56. The highest BCUT2D eigenvalue weighted by Gasteiger charge is 2.40. The summed E-state index contributed by atoms with van der Waals surface area (Å²) >= 11 is 0. The fourth-order valence-electron chi connectivity index (χ4n) is 2.22. The summed E-state index contributed by atoms with van der Waals surface area (Å²) in [5.74, 6) is -0.179. The standard InChI is InChI=1S/C16H23BFNSi/c1-16(2,3)20(4,5)19-12-6-7-15(17-19)13-8-10-14(18)11-9-13/h6-12,17H,1-5H3. The molecule has 0 unspecified atom stereocenters. The Kier molecular flexibility index (Phi) is 3.96. The monoisotopic (exact) mass is 287 g/mol. The molecule has 0 atom stereocenters. The minimum absolute atomic E-state index is 0.179. The molecule has 0 amide bonds. The van der Waals surface area contributed by atoms with Gasteiger partial charge in [-0.15, -0.1) is 0 Å². The maximum Gasteiger partial charge on any atom is 0.261 e. The van der Waals surface area contributed by atoms with Gasteiger partial charge in [0.25, 0.3) is 7.41 Å². The molecule has 1 nitrogen and oxygen atoms in total. The number of hydrogen-bond acceptors (Lipinski definition) is 1. The second kappa shape index (κ2) is 5.24. The van der Waals surface area contributed by atoms with E-state index >= 15 is 0 Å². The molecule has 0 aromatic heterocycles. The van der Waals surface area contributed by atoms with Crippen LogP contribution in [0, 0.1) is 5.82 Å². The number of rotatable bonds is 2. The van der Waals surface area contributed by atoms with Crippen molar-refractivity contribution in [1.82, 2.24) is 4.48 Å². The van der Waals surface area contributed by atoms with E-state index in [2.05, 4.69) is 56.7 Å². The average Bonchev–Trinajstić information content (AvgIpc) is 2.38. The third-order valence-electron chi connectivity index (χ3n) is 4.67. The van der Waals surface area contributed by atoms with Gasteiger partial charge >= 0.3 is 0 Å². The first-order valence-electron chi connectivity index (χ1n) is 7.12. The second-order valence-corrected chi connectivity index (χ2v) is 12.2. The Morgan fingerprint density at radius 3 is 2.25 bits per heavy atom. The Balaban J connectivity index is 2.24. The summed E-state index contributed by atoms with van der Waals surface area (Å²) in [6.45, 7) is 11.8. The molecule has 1 heterocycles. The molecular formula is C16H23BFNSi. The van der Waals surface area contributed by atoms with Crippen LogP contribution in [-0.2, 0) is 0 Å². The summed E-state index contributed by atoms with van der Waals surface area (Å²) in [5.41, 5.74) is 2.37. The molecule has 20 heavy (non-hydrogen) atoms. The Bertz CT molecular complexity index is 541. The van der Waals surface area contributed by atoms with Crippen molar-refractivity contribution in [2.45, 2.75) is 38.9 Å². The maximum absolute atomic E-state index is 13.0. The zero-order valence-corrected chi connectivity index (χ0v) is 14.1. The number of halogens is 1. The van der Waals surface area contributed by atoms with E-state index < -0.39 is 8.24 Å². The SMILES string of the molecule is CC(C)(C)[Si](C)(C)N1BC(c2ccc(F)cc2)=CC=C1. The molecule has 2 rings (SSSR count). The molecule has 106 valence electrons. The second-order valence-electron chi connectivity index (χ2n) is 6.98. The van der Waals surface area contributed by atoms with Crippen LogP contribution >= 0.6 is 0 Å². The summed E-state index contributed by atoms with van der Waals surface area (Å²) in [4.78, 5) is 0. The van der Waals surface area contributed by atoms with Gasteiger partial charge in [-0.1, -0.05) is 57.5 Å². The summed E-state index contributed by atoms with van der Waals surface area (Å²) in [7, 11) is -0.643. The molecule has 0 radical (unpaired) electrons. The Hall–Kier alpha value is -1.29. The summed E-state index contributed by atoms with van der Waals surface area (Å²) in [5, 5.41) is 0.308. The van der Waals surface area contributed by atoms with Crippen molar-refractivity contribution in [3.05, 3.63) is 54.0 Å². The van der Waals surface area contributed by atoms with Crippen molar-refractivity contribution in [3.8, 4) is 0 Å². The van der Waals surface area contributed by atoms with Crippen molar-refractivity contribution in [1.29, 1.82) is 0 Å². The van der Waals surface area contributed by atoms with Gasteiger partial charge in [-0.05, 0) is 35.0 Å². The first-order chi connectivity index (χ1) is 9.22. The smallest absolute Gasteiger partial charge is 0.261 e. The normalized spacial score (nSPS) is 15.9. The third-order valence-corrected chi connectivity index (χ3v) is 10.1. The van der Waals surface area contributed by atoms with Crippen LogP contribution in [0.1, 0.15) is 26.3 Å². The molecule has 0 saturated carbocycles. The first-order valence-corrected chi connectivity index (χ1v) is 10.1. The van der Waals surface area contributed by atoms with Crippen molar-refractivity contribution < 1.29 is 4.39 Å². The highest BCUT2D eigenvalue weighted by atomic mass is 28.3. The Morgan fingerprint density at radius 1 is 1.10 bits per heavy atom. The molecule has 1 aromatic rings. The van der Waals surface area contributed by atoms with Gasteiger partial charge in [0.2, 0.25) is 0 Å². The molecule has 1 aliphatic rings. The van der Waals surface area contributed by atoms with Gasteiger partial charge in [0.1, 0.15) is 14.1 Å². The molecule has 1 aromatic carbocycles. The lowest BCUT2D eigenvalue weighted by molar-refractivity contribution is 0.627. The zero-order valence-electron chi connectivity index (χ0n) is 13.1. The van der Waals surface area contributed by atoms with E-state index in [0.717, 1.165) is 13.0 Å². The molecule has 0 aliphatic carbocycles. The largest absolute Gasteiger partial charge is 0.447 e. The Morgan fingerprint density at radius 2 is 1.70 bits per heavy atom. The van der Waals surface area contributed by atoms with Gasteiger partial charge in [0, 0.05) is 0 Å². The fraction of sp³-hybridized carbons (Fsp3) is 0.375. The molecule has 0 spiro atoms. The average molecular weight is 287 g/mol. The van der Waals surface area contributed by atoms with Gasteiger partial charge < -0.3 is 4.48 Å². The zero-order chi connectivity index (χ0) is 15.0. The van der Waals surface area contributed by atoms with Gasteiger partial charge in [-0.25, -0.2) is 4.39 Å². The lowest BCUT2D eigenvalue weighted by Gasteiger charge is -2.47. The fourth-order valence-corrected chi connectivity index (χ4v) is 4.10. The van der Waals surface area contributed by atoms with Crippen LogP contribution < -0.4 is 0 Å². The van der Waals surface area contributed by atoms with E-state index in [1.165, 1.54) is 17.6 Å². The van der Waals surface area contributed by atoms with Crippen molar-refractivity contribution in [3.63, 3.8) is 0 Å². The van der Waals surface area contributed by atoms with Crippen LogP contribution in [0.15, 0.2) is 42.6 Å². The summed E-state index contributed by atoms with van der Waals surface area (Å²) < 4.78 is 15.5. The highest BCUT2D eigenvalue weighted by molar-refractivity contribution is 6.86. The van der Waals surface area contributed by atoms with Crippen LogP contribution in [0.3, 0.4) is 0 Å². The van der Waals surface area contributed by atoms with Crippen LogP contribution in [0.2, 0.25) is 18.1 Å². The van der Waals surface area contributed by atoms with E-state index in [-0.39, 0.29) is 5.82 Å². The molecule has 0 fully saturated rings. The first kappa shape index (κ1) is 15.1. The maximum atomic E-state index is 13.0. The van der Waals surface area contributed by atoms with Crippen LogP contribution in [0.25, 0.3) is 5.47 Å². The highest BCUT2D eigenvalue weighted by Crippen LogP contribution is 2.39. The number of hydrogen-bond donors (Lipinski definition) is 0. The van der Waals surface area contributed by atoms with Crippen molar-refractivity contribution in [2.24, 2.45) is 0 Å². The lowest BCUT2D eigenvalue weighted by Crippen LogP contribution is -2.54. The lowest BCUT2D eigenvalue weighted by atomic mass is 9.76. The van der Waals surface area contributed by atoms with Crippen molar-refractivity contribution >= 4 is 21.1 Å². The quantitative estimate of drug-likeness (QED) is 0.731. The van der Waals surface area contributed by atoms with Gasteiger partial charge in [-0.2, -0.15) is 0 Å². The molecule has 1 aliphatic heterocycles. The number of benzene rings is 1. The minimum Gasteiger partial charge on any atom is -0.447 e. The van der Waals surface area contributed by atoms with Crippen LogP contribution in [0.4, 0.5) is 4.39 Å². The Labute approximate surface area is 123 Å². The van der Waals surface area contributed by atoms with Crippen LogP contribution in [-0.4, -0.2) is 20.1 Å². The molecule has 0 N–H and O–H groups in total. The van der Waals surface area contributed by atoms with E-state index in [1.54, 1.807) is 0 Å². The topological polar surface area (TPSA) is 3.24 Å². The molecular weight excluding hydrogens is 264 g/mol. The van der Waals surface area contributed by atoms with Crippen molar-refractivity contribution in [2.75, 3.05) is 0 Å². The van der Waals surface area contributed by atoms with Gasteiger partial charge in [0.15, 0.2) is 0 Å². The predicted octanol–water partition coefficient (Wildman–Crippen LogP) is 4.35. The molecule has 0 saturated heterocycles. The summed E-state index contributed by atoms with van der Waals surface area (Å²) in [6, 6.07) is 6.80. The van der Waals surface area contributed by atoms with E-state index in [1.807, 2.05) is 12.1 Å². The van der Waals surface area contributed by atoms with E-state index in [0.29, 0.717) is 5.04 Å². The van der Waals surface area contributed by atoms with Gasteiger partial charge in [-0.3, -0.25) is 0 Å². The predicted molar refractivity (Wildman–Crippen MR) is 89.7 cm³/mol. The van der Waals surface area contributed by atoms with E-state index in [9.17, 15) is 4.39 Å². The third kappa shape index (κ3) is 2.90. The van der Waals surface area contributed by atoms with E-state index in [4.69, 9.17) is 0 Å². The molecule has 4 heteroatoms. The van der Waals surface area contributed by atoms with Gasteiger partial charge in [0.05, 0.1) is 0 Å². The number of nitrogens with zero attached hydrogens (tertiary/aromatic N) is 1. The van der Waals surface area contributed by atoms with Crippen LogP contribution in [0.5, 0.6) is 0 Å². The number of allylic oxidation sites excluding steroid dienone is 2. The summed E-state index contributed by atoms with van der Waals surface area (Å²) in [6.07, 6.45) is 6.46.